The van der Waals surface area contributed by atoms with Crippen LogP contribution in [0, 0.1) is 11.8 Å². The predicted octanol–water partition coefficient (Wildman–Crippen LogP) is 2.83. The lowest BCUT2D eigenvalue weighted by molar-refractivity contribution is -0.134. The summed E-state index contributed by atoms with van der Waals surface area (Å²) in [5, 5.41) is 31.7. The maximum Gasteiger partial charge on any atom is 0.394 e. The molecule has 0 spiro atoms. The molecule has 3 fully saturated rings. The summed E-state index contributed by atoms with van der Waals surface area (Å²) in [5.74, 6) is -2.55. The lowest BCUT2D eigenvalue weighted by atomic mass is 9.66. The highest BCUT2D eigenvalue weighted by Crippen LogP contribution is 2.62. The second-order valence-electron chi connectivity index (χ2n) is 10.7. The highest BCUT2D eigenvalue weighted by atomic mass is 16.6. The first-order valence-corrected chi connectivity index (χ1v) is 12.9. The number of aromatic nitrogens is 1. The third kappa shape index (κ3) is 3.32. The van der Waals surface area contributed by atoms with Crippen molar-refractivity contribution in [2.75, 3.05) is 11.5 Å². The largest absolute Gasteiger partial charge is 0.450 e. The number of carbonyl (C=O) groups is 2. The highest BCUT2D eigenvalue weighted by Gasteiger charge is 2.77. The minimum atomic E-state index is -1.71. The van der Waals surface area contributed by atoms with Crippen LogP contribution in [0.5, 0.6) is 6.08 Å². The zero-order valence-corrected chi connectivity index (χ0v) is 21.0. The Kier molecular flexibility index (Phi) is 5.18. The van der Waals surface area contributed by atoms with Crippen LogP contribution < -0.4 is 9.64 Å². The minimum absolute atomic E-state index is 0.0940. The number of anilines is 1. The van der Waals surface area contributed by atoms with Gasteiger partial charge in [-0.1, -0.05) is 42.5 Å². The van der Waals surface area contributed by atoms with Gasteiger partial charge in [-0.3, -0.25) is 9.59 Å². The van der Waals surface area contributed by atoms with Gasteiger partial charge in [0.1, 0.15) is 11.1 Å². The molecular weight excluding hydrogens is 504 g/mol. The van der Waals surface area contributed by atoms with Crippen molar-refractivity contribution in [2.24, 2.45) is 11.8 Å². The van der Waals surface area contributed by atoms with Gasteiger partial charge in [-0.25, -0.2) is 4.90 Å². The summed E-state index contributed by atoms with van der Waals surface area (Å²) < 4.78 is 17.8. The molecule has 2 bridgehead atoms. The van der Waals surface area contributed by atoms with Crippen molar-refractivity contribution in [3.63, 3.8) is 0 Å². The zero-order chi connectivity index (χ0) is 27.1. The fourth-order valence-electron chi connectivity index (χ4n) is 6.81. The fourth-order valence-corrected chi connectivity index (χ4v) is 6.81. The number of ether oxygens (including phenoxy) is 2. The number of para-hydroxylation sites is 2. The number of benzene rings is 3. The summed E-state index contributed by atoms with van der Waals surface area (Å²) in [6, 6.07) is 17.3. The average molecular weight is 531 g/mol. The molecule has 3 saturated heterocycles. The third-order valence-corrected chi connectivity index (χ3v) is 8.59. The number of aliphatic hydroxyl groups is 3. The monoisotopic (exact) mass is 530 g/mol. The summed E-state index contributed by atoms with van der Waals surface area (Å²) in [6.07, 6.45) is -2.13. The third-order valence-electron chi connectivity index (χ3n) is 8.59. The molecule has 0 radical (unpaired) electrons. The zero-order valence-electron chi connectivity index (χ0n) is 21.0. The molecule has 1 aromatic heterocycles. The number of rotatable bonds is 6. The highest BCUT2D eigenvalue weighted by molar-refractivity contribution is 6.26. The van der Waals surface area contributed by atoms with E-state index in [1.54, 1.807) is 43.3 Å². The summed E-state index contributed by atoms with van der Waals surface area (Å²) >= 11 is 0. The molecule has 2 amide bonds. The molecule has 10 heteroatoms. The molecule has 39 heavy (non-hydrogen) atoms. The lowest BCUT2D eigenvalue weighted by Gasteiger charge is -2.33. The first-order chi connectivity index (χ1) is 18.7. The Balaban J connectivity index is 1.22. The van der Waals surface area contributed by atoms with E-state index in [-0.39, 0.29) is 31.1 Å². The van der Waals surface area contributed by atoms with Crippen molar-refractivity contribution in [3.05, 3.63) is 66.2 Å². The van der Waals surface area contributed by atoms with Crippen molar-refractivity contribution in [1.82, 2.24) is 4.98 Å². The van der Waals surface area contributed by atoms with Gasteiger partial charge in [-0.2, -0.15) is 4.98 Å². The molecule has 3 aliphatic heterocycles. The summed E-state index contributed by atoms with van der Waals surface area (Å²) in [5.41, 5.74) is -0.469. The van der Waals surface area contributed by atoms with Gasteiger partial charge in [0, 0.05) is 23.8 Å². The van der Waals surface area contributed by atoms with Crippen LogP contribution in [0.3, 0.4) is 0 Å². The SMILES string of the molecule is C[C@]12O[C@](CCOc3nc4ccccc4o3)(C[C@@H]1O)[C@H]1C(=O)N(c3ccc(C(O)O)c4ccccc34)C(=O)[C@H]12. The van der Waals surface area contributed by atoms with Crippen LogP contribution in [0.4, 0.5) is 5.69 Å². The van der Waals surface area contributed by atoms with E-state index in [4.69, 9.17) is 13.9 Å². The van der Waals surface area contributed by atoms with Gasteiger partial charge in [-0.05, 0) is 30.5 Å². The predicted molar refractivity (Wildman–Crippen MR) is 138 cm³/mol. The van der Waals surface area contributed by atoms with E-state index in [9.17, 15) is 24.9 Å². The average Bonchev–Trinajstić information content (AvgIpc) is 3.60. The molecule has 5 atom stereocenters. The Morgan fingerprint density at radius 1 is 1.03 bits per heavy atom. The van der Waals surface area contributed by atoms with E-state index < -0.39 is 47.2 Å². The Morgan fingerprint density at radius 3 is 2.51 bits per heavy atom. The van der Waals surface area contributed by atoms with Crippen molar-refractivity contribution >= 4 is 39.4 Å². The van der Waals surface area contributed by atoms with Gasteiger partial charge in [-0.15, -0.1) is 0 Å². The first kappa shape index (κ1) is 24.2. The summed E-state index contributed by atoms with van der Waals surface area (Å²) in [4.78, 5) is 33.4. The van der Waals surface area contributed by atoms with E-state index in [2.05, 4.69) is 4.98 Å². The second kappa shape index (κ2) is 8.33. The molecule has 0 aliphatic carbocycles. The number of hydrogen-bond donors (Lipinski definition) is 3. The number of fused-ring (bicyclic) bond motifs is 7. The Bertz CT molecular complexity index is 1620. The van der Waals surface area contributed by atoms with Gasteiger partial charge < -0.3 is 29.2 Å². The van der Waals surface area contributed by atoms with E-state index >= 15 is 0 Å². The van der Waals surface area contributed by atoms with Crippen LogP contribution in [-0.4, -0.2) is 56.0 Å². The number of hydrogen-bond acceptors (Lipinski definition) is 9. The lowest BCUT2D eigenvalue weighted by Crippen LogP contribution is -2.49. The molecule has 4 aromatic rings. The van der Waals surface area contributed by atoms with Crippen molar-refractivity contribution in [1.29, 1.82) is 0 Å². The molecule has 3 aliphatic rings. The standard InChI is InChI=1S/C29H26N2O8/c1-28-21(32)14-29(39-28,12-13-37-27-30-18-8-4-5-9-20(18)38-27)23-22(28)24(33)31(25(23)34)19-11-10-17(26(35)36)15-6-2-3-7-16(15)19/h2-11,21-23,26,32,35-36H,12-14H2,1H3/t21-,22-,23+,28-,29+/m0/s1. The van der Waals surface area contributed by atoms with Gasteiger partial charge in [0.2, 0.25) is 11.8 Å². The molecule has 200 valence electrons. The molecule has 3 aromatic carbocycles. The van der Waals surface area contributed by atoms with Gasteiger partial charge in [0.25, 0.3) is 0 Å². The fraction of sp³-hybridized carbons (Fsp3) is 0.345. The molecule has 0 unspecified atom stereocenters. The van der Waals surface area contributed by atoms with Crippen LogP contribution in [0.2, 0.25) is 0 Å². The molecular formula is C29H26N2O8. The number of amides is 2. The van der Waals surface area contributed by atoms with Crippen LogP contribution in [0.15, 0.2) is 65.1 Å². The molecule has 3 N–H and O–H groups in total. The number of oxazole rings is 1. The van der Waals surface area contributed by atoms with Crippen LogP contribution in [-0.2, 0) is 14.3 Å². The van der Waals surface area contributed by atoms with Gasteiger partial charge in [0.05, 0.1) is 35.8 Å². The molecule has 0 saturated carbocycles. The second-order valence-corrected chi connectivity index (χ2v) is 10.7. The molecule has 7 rings (SSSR count). The molecule has 10 nitrogen and oxygen atoms in total. The van der Waals surface area contributed by atoms with Crippen molar-refractivity contribution in [3.8, 4) is 6.08 Å². The normalized spacial score (nSPS) is 29.8. The van der Waals surface area contributed by atoms with Gasteiger partial charge >= 0.3 is 6.08 Å². The summed E-state index contributed by atoms with van der Waals surface area (Å²) in [6.45, 7) is 1.79. The maximum absolute atomic E-state index is 14.0. The van der Waals surface area contributed by atoms with Crippen LogP contribution in [0.1, 0.15) is 31.6 Å². The topological polar surface area (TPSA) is 143 Å². The van der Waals surface area contributed by atoms with E-state index in [1.165, 1.54) is 11.0 Å². The number of nitrogens with zero attached hydrogens (tertiary/aromatic N) is 2. The Labute approximate surface area is 222 Å². The number of carbonyl (C=O) groups excluding carboxylic acids is 2. The summed E-state index contributed by atoms with van der Waals surface area (Å²) in [7, 11) is 0. The van der Waals surface area contributed by atoms with Gasteiger partial charge in [0.15, 0.2) is 11.9 Å². The van der Waals surface area contributed by atoms with Crippen molar-refractivity contribution < 1.29 is 38.8 Å². The molecule has 4 heterocycles. The smallest absolute Gasteiger partial charge is 0.394 e. The van der Waals surface area contributed by atoms with E-state index in [0.717, 1.165) is 0 Å². The van der Waals surface area contributed by atoms with E-state index in [1.807, 2.05) is 18.2 Å². The van der Waals surface area contributed by atoms with Crippen molar-refractivity contribution in [2.45, 2.75) is 43.4 Å². The van der Waals surface area contributed by atoms with Crippen LogP contribution >= 0.6 is 0 Å². The number of imide groups is 1. The Hall–Kier alpha value is -3.83. The first-order valence-electron chi connectivity index (χ1n) is 12.9. The quantitative estimate of drug-likeness (QED) is 0.253. The van der Waals surface area contributed by atoms with Crippen LogP contribution in [0.25, 0.3) is 21.9 Å². The maximum atomic E-state index is 14.0. The minimum Gasteiger partial charge on any atom is -0.450 e. The Morgan fingerprint density at radius 2 is 1.74 bits per heavy atom. The number of aliphatic hydroxyl groups excluding tert-OH is 2. The van der Waals surface area contributed by atoms with E-state index in [0.29, 0.717) is 27.6 Å².